The van der Waals surface area contributed by atoms with Gasteiger partial charge in [0.05, 0.1) is 23.2 Å². The van der Waals surface area contributed by atoms with Crippen LogP contribution in [0.2, 0.25) is 10.0 Å². The molecule has 148 valence electrons. The second kappa shape index (κ2) is 9.34. The average molecular weight is 441 g/mol. The Kier molecular flexibility index (Phi) is 7.08. The lowest BCUT2D eigenvalue weighted by atomic mass is 10.0. The van der Waals surface area contributed by atoms with E-state index < -0.39 is 13.7 Å². The van der Waals surface area contributed by atoms with Crippen molar-refractivity contribution in [3.05, 3.63) is 69.2 Å². The van der Waals surface area contributed by atoms with Gasteiger partial charge in [-0.25, -0.2) is 5.06 Å². The van der Waals surface area contributed by atoms with E-state index in [1.54, 1.807) is 31.2 Å². The van der Waals surface area contributed by atoms with Crippen LogP contribution in [0.4, 0.5) is 0 Å². The molecular weight excluding hydrogens is 420 g/mol. The fraction of sp³-hybridized carbons (Fsp3) is 0.350. The Bertz CT molecular complexity index is 892. The van der Waals surface area contributed by atoms with Crippen molar-refractivity contribution in [3.63, 3.8) is 0 Å². The quantitative estimate of drug-likeness (QED) is 0.470. The van der Waals surface area contributed by atoms with E-state index in [1.807, 2.05) is 25.1 Å². The number of fused-ring (bicyclic) bond motifs is 1. The molecule has 1 aliphatic rings. The molecule has 0 bridgehead atoms. The first-order valence-corrected chi connectivity index (χ1v) is 11.0. The second-order valence-electron chi connectivity index (χ2n) is 6.42. The van der Waals surface area contributed by atoms with Gasteiger partial charge in [0.25, 0.3) is 5.91 Å². The van der Waals surface area contributed by atoms with Crippen LogP contribution in [-0.2, 0) is 13.9 Å². The first kappa shape index (κ1) is 21.2. The topological polar surface area (TPSA) is 55.8 Å². The molecule has 0 N–H and O–H groups in total. The van der Waals surface area contributed by atoms with Crippen LogP contribution >= 0.6 is 31.2 Å². The van der Waals surface area contributed by atoms with Crippen molar-refractivity contribution in [1.82, 2.24) is 5.06 Å². The Morgan fingerprint density at radius 1 is 1.21 bits per heavy atom. The third-order valence-electron chi connectivity index (χ3n) is 4.59. The Labute approximate surface area is 175 Å². The second-order valence-corrected chi connectivity index (χ2v) is 8.69. The van der Waals surface area contributed by atoms with Gasteiger partial charge < -0.3 is 0 Å². The van der Waals surface area contributed by atoms with Crippen LogP contribution in [0.3, 0.4) is 0 Å². The summed E-state index contributed by atoms with van der Waals surface area (Å²) in [6.07, 6.45) is 0.159. The maximum atomic E-state index is 12.8. The molecule has 0 radical (unpaired) electrons. The van der Waals surface area contributed by atoms with Gasteiger partial charge in [-0.3, -0.25) is 9.63 Å². The lowest BCUT2D eigenvalue weighted by Gasteiger charge is -2.32. The molecule has 3 rings (SSSR count). The molecule has 0 saturated carbocycles. The van der Waals surface area contributed by atoms with Crippen LogP contribution in [0, 0.1) is 0 Å². The van der Waals surface area contributed by atoms with E-state index in [-0.39, 0.29) is 18.6 Å². The monoisotopic (exact) mass is 440 g/mol. The molecule has 8 heteroatoms. The van der Waals surface area contributed by atoms with Crippen molar-refractivity contribution in [1.29, 1.82) is 0 Å². The number of rotatable bonds is 7. The zero-order chi connectivity index (χ0) is 20.3. The van der Waals surface area contributed by atoms with Crippen LogP contribution in [-0.4, -0.2) is 24.1 Å². The molecule has 2 aromatic rings. The Morgan fingerprint density at radius 3 is 2.68 bits per heavy atom. The Hall–Kier alpha value is -1.49. The van der Waals surface area contributed by atoms with E-state index in [9.17, 15) is 9.36 Å². The third kappa shape index (κ3) is 4.56. The number of amides is 1. The third-order valence-corrected chi connectivity index (χ3v) is 6.90. The highest BCUT2D eigenvalue weighted by Gasteiger charge is 2.37. The first-order valence-electron chi connectivity index (χ1n) is 9.04. The predicted molar refractivity (Wildman–Crippen MR) is 110 cm³/mol. The van der Waals surface area contributed by atoms with Gasteiger partial charge in [0, 0.05) is 17.5 Å². The van der Waals surface area contributed by atoms with Gasteiger partial charge in [-0.05, 0) is 42.2 Å². The van der Waals surface area contributed by atoms with Crippen LogP contribution in [0.15, 0.2) is 42.5 Å². The van der Waals surface area contributed by atoms with Crippen molar-refractivity contribution in [2.75, 3.05) is 13.2 Å². The summed E-state index contributed by atoms with van der Waals surface area (Å²) in [5, 5.41) is 2.15. The molecule has 0 spiro atoms. The summed E-state index contributed by atoms with van der Waals surface area (Å²) in [6.45, 7) is 4.29. The number of hydroxylamine groups is 2. The molecule has 28 heavy (non-hydrogen) atoms. The van der Waals surface area contributed by atoms with E-state index in [4.69, 9.17) is 32.6 Å². The lowest BCUT2D eigenvalue weighted by Crippen LogP contribution is -2.38. The fourth-order valence-electron chi connectivity index (χ4n) is 3.20. The van der Waals surface area contributed by atoms with Crippen LogP contribution < -0.4 is 0 Å². The molecule has 2 aromatic carbocycles. The molecule has 0 aliphatic carbocycles. The van der Waals surface area contributed by atoms with E-state index in [0.717, 1.165) is 11.1 Å². The molecule has 3 atom stereocenters. The zero-order valence-electron chi connectivity index (χ0n) is 15.6. The fourth-order valence-corrected chi connectivity index (χ4v) is 4.67. The summed E-state index contributed by atoms with van der Waals surface area (Å²) in [7, 11) is -1.99. The van der Waals surface area contributed by atoms with Crippen molar-refractivity contribution in [2.24, 2.45) is 0 Å². The van der Waals surface area contributed by atoms with Crippen molar-refractivity contribution in [3.8, 4) is 0 Å². The van der Waals surface area contributed by atoms with Gasteiger partial charge in [-0.15, -0.1) is 4.52 Å². The zero-order valence-corrected chi connectivity index (χ0v) is 18.0. The van der Waals surface area contributed by atoms with Crippen LogP contribution in [0.1, 0.15) is 53.5 Å². The maximum absolute atomic E-state index is 12.8. The summed E-state index contributed by atoms with van der Waals surface area (Å²) < 4.78 is 18.0. The Morgan fingerprint density at radius 2 is 1.96 bits per heavy atom. The molecule has 3 unspecified atom stereocenters. The number of hydrogen-bond donors (Lipinski definition) is 0. The number of hydrogen-bond acceptors (Lipinski definition) is 4. The maximum Gasteiger partial charge on any atom is 0.516 e. The van der Waals surface area contributed by atoms with Gasteiger partial charge >= 0.3 is 8.03 Å². The van der Waals surface area contributed by atoms with Gasteiger partial charge in [-0.1, -0.05) is 47.5 Å². The highest BCUT2D eigenvalue weighted by molar-refractivity contribution is 7.39. The number of benzene rings is 2. The number of carbonyl (C=O) groups excluding carboxylic acids is 1. The number of nitrogens with zero attached hydrogens (tertiary/aromatic N) is 1. The minimum Gasteiger partial charge on any atom is -0.267 e. The minimum absolute atomic E-state index is 0.201. The van der Waals surface area contributed by atoms with E-state index >= 15 is 0 Å². The molecule has 1 amide bonds. The summed E-state index contributed by atoms with van der Waals surface area (Å²) in [6, 6.07) is 12.5. The normalized spacial score (nSPS) is 18.0. The summed E-state index contributed by atoms with van der Waals surface area (Å²) in [5.74, 6) is -0.201. The standard InChI is InChI=1S/C20H21Cl2NO4P/c1-3-26-28(25)19(14-8-9-17(21)18(22)12-14)10-11-23-20(24)16-7-5-4-6-15(16)13(2)27-23/h4-9,12-13,19H,3,10-11H2,1-2H3/q+1. The van der Waals surface area contributed by atoms with Crippen LogP contribution in [0.5, 0.6) is 0 Å². The first-order chi connectivity index (χ1) is 13.4. The van der Waals surface area contributed by atoms with Crippen molar-refractivity contribution >= 4 is 37.1 Å². The van der Waals surface area contributed by atoms with Gasteiger partial charge in [0.15, 0.2) is 0 Å². The SMILES string of the molecule is CCO[P+](=O)C(CCN1OC(C)c2ccccc2C1=O)c1ccc(Cl)c(Cl)c1. The van der Waals surface area contributed by atoms with E-state index in [0.29, 0.717) is 28.6 Å². The Balaban J connectivity index is 1.79. The summed E-state index contributed by atoms with van der Waals surface area (Å²) in [5.41, 5.74) is 1.81. The largest absolute Gasteiger partial charge is 0.516 e. The molecule has 0 saturated heterocycles. The van der Waals surface area contributed by atoms with Gasteiger partial charge in [0.2, 0.25) is 5.66 Å². The number of carbonyl (C=O) groups is 1. The lowest BCUT2D eigenvalue weighted by molar-refractivity contribution is -0.167. The highest BCUT2D eigenvalue weighted by atomic mass is 35.5. The van der Waals surface area contributed by atoms with Crippen LogP contribution in [0.25, 0.3) is 0 Å². The minimum atomic E-state index is -1.99. The smallest absolute Gasteiger partial charge is 0.267 e. The number of halogens is 2. The average Bonchev–Trinajstić information content (AvgIpc) is 2.68. The molecule has 1 heterocycles. The highest BCUT2D eigenvalue weighted by Crippen LogP contribution is 2.46. The predicted octanol–water partition coefficient (Wildman–Crippen LogP) is 6.35. The van der Waals surface area contributed by atoms with E-state index in [2.05, 4.69) is 0 Å². The summed E-state index contributed by atoms with van der Waals surface area (Å²) >= 11 is 12.1. The molecule has 1 aliphatic heterocycles. The molecule has 5 nitrogen and oxygen atoms in total. The van der Waals surface area contributed by atoms with Crippen molar-refractivity contribution in [2.45, 2.75) is 32.0 Å². The van der Waals surface area contributed by atoms with E-state index in [1.165, 1.54) is 5.06 Å². The molecular formula is C20H21Cl2NO4P+. The molecule has 0 aromatic heterocycles. The van der Waals surface area contributed by atoms with Gasteiger partial charge in [0.1, 0.15) is 6.10 Å². The molecule has 0 fully saturated rings. The summed E-state index contributed by atoms with van der Waals surface area (Å²) in [4.78, 5) is 18.6. The van der Waals surface area contributed by atoms with Gasteiger partial charge in [-0.2, -0.15) is 0 Å². The van der Waals surface area contributed by atoms with Crippen molar-refractivity contribution < 1.29 is 18.7 Å².